The number of carbonyl (C=O) groups excluding carboxylic acids is 2. The number of cyclic esters (lactones) is 1. The largest absolute Gasteiger partial charge is 0.448 e. The van der Waals surface area contributed by atoms with Gasteiger partial charge < -0.3 is 9.64 Å². The summed E-state index contributed by atoms with van der Waals surface area (Å²) in [6.45, 7) is 2.26. The Morgan fingerprint density at radius 3 is 2.92 bits per heavy atom. The van der Waals surface area contributed by atoms with Gasteiger partial charge in [-0.1, -0.05) is 6.07 Å². The highest BCUT2D eigenvalue weighted by atomic mass is 16.6. The Kier molecular flexibility index (Phi) is 3.68. The van der Waals surface area contributed by atoms with E-state index in [0.29, 0.717) is 31.8 Å². The first kappa shape index (κ1) is 14.7. The van der Waals surface area contributed by atoms with Gasteiger partial charge >= 0.3 is 6.09 Å². The summed E-state index contributed by atoms with van der Waals surface area (Å²) in [5, 5.41) is 4.19. The first-order chi connectivity index (χ1) is 11.7. The second-order valence-electron chi connectivity index (χ2n) is 6.00. The molecule has 3 heterocycles. The highest BCUT2D eigenvalue weighted by Gasteiger charge is 2.36. The molecule has 0 bridgehead atoms. The van der Waals surface area contributed by atoms with Crippen molar-refractivity contribution < 1.29 is 14.3 Å². The van der Waals surface area contributed by atoms with Gasteiger partial charge in [0.15, 0.2) is 0 Å². The van der Waals surface area contributed by atoms with Crippen LogP contribution in [0.25, 0.3) is 5.69 Å². The Hall–Kier alpha value is -2.83. The van der Waals surface area contributed by atoms with Crippen LogP contribution in [0.15, 0.2) is 42.7 Å². The molecule has 2 saturated heterocycles. The number of benzene rings is 1. The first-order valence-electron chi connectivity index (χ1n) is 8.05. The van der Waals surface area contributed by atoms with Crippen molar-refractivity contribution in [2.45, 2.75) is 12.5 Å². The molecule has 1 aromatic heterocycles. The van der Waals surface area contributed by atoms with Gasteiger partial charge in [-0.15, -0.1) is 0 Å². The Balaban J connectivity index is 1.48. The van der Waals surface area contributed by atoms with Crippen molar-refractivity contribution in [3.8, 4) is 5.69 Å². The molecule has 24 heavy (non-hydrogen) atoms. The fourth-order valence-corrected chi connectivity index (χ4v) is 3.30. The third kappa shape index (κ3) is 2.62. The van der Waals surface area contributed by atoms with Crippen molar-refractivity contribution in [2.75, 3.05) is 26.2 Å². The Morgan fingerprint density at radius 1 is 1.25 bits per heavy atom. The number of amides is 2. The normalized spacial score (nSPS) is 20.5. The van der Waals surface area contributed by atoms with Crippen LogP contribution in [0.4, 0.5) is 4.79 Å². The fraction of sp³-hybridized carbons (Fsp3) is 0.353. The van der Waals surface area contributed by atoms with E-state index in [-0.39, 0.29) is 18.0 Å². The molecule has 2 fully saturated rings. The van der Waals surface area contributed by atoms with Crippen LogP contribution in [0.3, 0.4) is 0 Å². The SMILES string of the molecule is O=C(c1cccc(-n2cccn2)c1)N1CCC(N2CCOC2=O)C1. The molecule has 0 spiro atoms. The van der Waals surface area contributed by atoms with E-state index < -0.39 is 0 Å². The van der Waals surface area contributed by atoms with E-state index >= 15 is 0 Å². The van der Waals surface area contributed by atoms with E-state index in [0.717, 1.165) is 12.1 Å². The van der Waals surface area contributed by atoms with Gasteiger partial charge in [0.1, 0.15) is 6.61 Å². The third-order valence-electron chi connectivity index (χ3n) is 4.55. The number of ether oxygens (including phenoxy) is 1. The van der Waals surface area contributed by atoms with E-state index in [9.17, 15) is 9.59 Å². The van der Waals surface area contributed by atoms with Crippen LogP contribution in [0, 0.1) is 0 Å². The van der Waals surface area contributed by atoms with Gasteiger partial charge in [-0.3, -0.25) is 9.69 Å². The van der Waals surface area contributed by atoms with E-state index in [1.54, 1.807) is 20.7 Å². The predicted molar refractivity (Wildman–Crippen MR) is 85.9 cm³/mol. The van der Waals surface area contributed by atoms with Crippen LogP contribution < -0.4 is 0 Å². The molecule has 2 aliphatic rings. The summed E-state index contributed by atoms with van der Waals surface area (Å²) >= 11 is 0. The molecular weight excluding hydrogens is 308 g/mol. The molecule has 1 atom stereocenters. The molecule has 0 aliphatic carbocycles. The standard InChI is InChI=1S/C17H18N4O3/c22-16(13-3-1-4-14(11-13)21-7-2-6-18-21)19-8-5-15(12-19)20-9-10-24-17(20)23/h1-4,6-7,11,15H,5,8-10,12H2. The zero-order chi connectivity index (χ0) is 16.5. The van der Waals surface area contributed by atoms with E-state index in [2.05, 4.69) is 5.10 Å². The van der Waals surface area contributed by atoms with Crippen LogP contribution in [0.2, 0.25) is 0 Å². The lowest BCUT2D eigenvalue weighted by Crippen LogP contribution is -2.39. The minimum atomic E-state index is -0.269. The highest BCUT2D eigenvalue weighted by Crippen LogP contribution is 2.21. The van der Waals surface area contributed by atoms with E-state index in [4.69, 9.17) is 4.74 Å². The molecule has 2 aliphatic heterocycles. The molecule has 1 aromatic carbocycles. The molecule has 2 aromatic rings. The molecule has 0 radical (unpaired) electrons. The smallest absolute Gasteiger partial charge is 0.410 e. The van der Waals surface area contributed by atoms with Crippen LogP contribution in [0.5, 0.6) is 0 Å². The van der Waals surface area contributed by atoms with Gasteiger partial charge in [0, 0.05) is 31.0 Å². The molecular formula is C17H18N4O3. The summed E-state index contributed by atoms with van der Waals surface area (Å²) in [6.07, 6.45) is 4.07. The van der Waals surface area contributed by atoms with Gasteiger partial charge in [-0.2, -0.15) is 5.10 Å². The summed E-state index contributed by atoms with van der Waals surface area (Å²) < 4.78 is 6.72. The lowest BCUT2D eigenvalue weighted by molar-refractivity contribution is 0.0780. The van der Waals surface area contributed by atoms with Crippen LogP contribution in [-0.2, 0) is 4.74 Å². The number of hydrogen-bond acceptors (Lipinski definition) is 4. The fourth-order valence-electron chi connectivity index (χ4n) is 3.30. The molecule has 1 unspecified atom stereocenters. The summed E-state index contributed by atoms with van der Waals surface area (Å²) in [4.78, 5) is 28.0. The zero-order valence-electron chi connectivity index (χ0n) is 13.2. The molecule has 7 heteroatoms. The molecule has 4 rings (SSSR count). The second kappa shape index (κ2) is 5.99. The predicted octanol–water partition coefficient (Wildman–Crippen LogP) is 1.54. The maximum Gasteiger partial charge on any atom is 0.410 e. The minimum absolute atomic E-state index is 0.0147. The average molecular weight is 326 g/mol. The second-order valence-corrected chi connectivity index (χ2v) is 6.00. The molecule has 0 N–H and O–H groups in total. The Morgan fingerprint density at radius 2 is 2.17 bits per heavy atom. The molecule has 0 saturated carbocycles. The summed E-state index contributed by atoms with van der Waals surface area (Å²) in [7, 11) is 0. The number of likely N-dealkylation sites (tertiary alicyclic amines) is 1. The molecule has 2 amide bonds. The van der Waals surface area contributed by atoms with Crippen LogP contribution in [0.1, 0.15) is 16.8 Å². The van der Waals surface area contributed by atoms with Crippen molar-refractivity contribution in [1.82, 2.24) is 19.6 Å². The van der Waals surface area contributed by atoms with Gasteiger partial charge in [-0.25, -0.2) is 9.48 Å². The minimum Gasteiger partial charge on any atom is -0.448 e. The third-order valence-corrected chi connectivity index (χ3v) is 4.55. The maximum absolute atomic E-state index is 12.8. The van der Waals surface area contributed by atoms with Gasteiger partial charge in [0.05, 0.1) is 18.3 Å². The van der Waals surface area contributed by atoms with Gasteiger partial charge in [0.25, 0.3) is 5.91 Å². The number of carbonyl (C=O) groups is 2. The van der Waals surface area contributed by atoms with Gasteiger partial charge in [0.2, 0.25) is 0 Å². The number of aromatic nitrogens is 2. The lowest BCUT2D eigenvalue weighted by atomic mass is 10.2. The number of hydrogen-bond donors (Lipinski definition) is 0. The lowest BCUT2D eigenvalue weighted by Gasteiger charge is -2.22. The zero-order valence-corrected chi connectivity index (χ0v) is 13.2. The monoisotopic (exact) mass is 326 g/mol. The average Bonchev–Trinajstić information content (AvgIpc) is 3.35. The first-order valence-corrected chi connectivity index (χ1v) is 8.05. The van der Waals surface area contributed by atoms with Crippen molar-refractivity contribution in [2.24, 2.45) is 0 Å². The topological polar surface area (TPSA) is 67.7 Å². The molecule has 124 valence electrons. The van der Waals surface area contributed by atoms with Crippen molar-refractivity contribution in [3.63, 3.8) is 0 Å². The number of rotatable bonds is 3. The van der Waals surface area contributed by atoms with Crippen LogP contribution >= 0.6 is 0 Å². The van der Waals surface area contributed by atoms with Crippen molar-refractivity contribution >= 4 is 12.0 Å². The summed E-state index contributed by atoms with van der Waals surface area (Å²) in [6, 6.07) is 9.32. The Bertz CT molecular complexity index is 759. The van der Waals surface area contributed by atoms with E-state index in [1.807, 2.05) is 36.5 Å². The quantitative estimate of drug-likeness (QED) is 0.858. The van der Waals surface area contributed by atoms with Crippen molar-refractivity contribution in [1.29, 1.82) is 0 Å². The maximum atomic E-state index is 12.8. The molecule has 7 nitrogen and oxygen atoms in total. The van der Waals surface area contributed by atoms with E-state index in [1.165, 1.54) is 0 Å². The van der Waals surface area contributed by atoms with Crippen molar-refractivity contribution in [3.05, 3.63) is 48.3 Å². The summed E-state index contributed by atoms with van der Waals surface area (Å²) in [5.41, 5.74) is 1.48. The summed E-state index contributed by atoms with van der Waals surface area (Å²) in [5.74, 6) is -0.0147. The highest BCUT2D eigenvalue weighted by molar-refractivity contribution is 5.95. The van der Waals surface area contributed by atoms with Crippen LogP contribution in [-0.4, -0.2) is 63.9 Å². The number of nitrogens with zero attached hydrogens (tertiary/aromatic N) is 4. The Labute approximate surface area is 139 Å². The van der Waals surface area contributed by atoms with Gasteiger partial charge in [-0.05, 0) is 30.7 Å².